The normalized spacial score (nSPS) is 21.7. The second-order valence-corrected chi connectivity index (χ2v) is 5.94. The number of benzene rings is 1. The van der Waals surface area contributed by atoms with Crippen LogP contribution in [-0.2, 0) is 5.66 Å². The summed E-state index contributed by atoms with van der Waals surface area (Å²) in [5.41, 5.74) is -2.44. The number of fused-ring (bicyclic) bond motifs is 1. The third-order valence-electron chi connectivity index (χ3n) is 4.21. The molecule has 0 radical (unpaired) electrons. The standard InChI is InChI=1S/C16H17F3N2O2/c1-2-3-4-5-11-9-13(22)12-8-10(6-7-14(12)23-11)15(20-21-15)16(17,18)19/h6-8,11H,2-5,9H2,1H3. The molecule has 0 N–H and O–H groups in total. The second-order valence-electron chi connectivity index (χ2n) is 5.94. The van der Waals surface area contributed by atoms with Gasteiger partial charge in [0.15, 0.2) is 5.78 Å². The summed E-state index contributed by atoms with van der Waals surface area (Å²) in [5, 5.41) is 6.32. The summed E-state index contributed by atoms with van der Waals surface area (Å²) in [5.74, 6) is 0.164. The van der Waals surface area contributed by atoms with Crippen LogP contribution >= 0.6 is 0 Å². The highest BCUT2D eigenvalue weighted by atomic mass is 19.4. The van der Waals surface area contributed by atoms with E-state index < -0.39 is 11.8 Å². The fourth-order valence-corrected chi connectivity index (χ4v) is 2.83. The molecular weight excluding hydrogens is 309 g/mol. The Morgan fingerprint density at radius 1 is 1.30 bits per heavy atom. The molecule has 0 fully saturated rings. The van der Waals surface area contributed by atoms with Crippen LogP contribution in [0.1, 0.15) is 54.9 Å². The number of alkyl halides is 3. The summed E-state index contributed by atoms with van der Waals surface area (Å²) >= 11 is 0. The summed E-state index contributed by atoms with van der Waals surface area (Å²) in [6, 6.07) is 3.92. The number of carbonyl (C=O) groups is 1. The molecule has 0 saturated heterocycles. The van der Waals surface area contributed by atoms with Crippen LogP contribution in [0.3, 0.4) is 0 Å². The van der Waals surface area contributed by atoms with Crippen LogP contribution in [0, 0.1) is 0 Å². The Labute approximate surface area is 131 Å². The molecule has 124 valence electrons. The third-order valence-corrected chi connectivity index (χ3v) is 4.21. The number of rotatable bonds is 5. The molecule has 7 heteroatoms. The predicted molar refractivity (Wildman–Crippen MR) is 76.5 cm³/mol. The molecule has 1 unspecified atom stereocenters. The Morgan fingerprint density at radius 2 is 2.04 bits per heavy atom. The smallest absolute Gasteiger partial charge is 0.442 e. The van der Waals surface area contributed by atoms with E-state index in [0.29, 0.717) is 5.75 Å². The zero-order valence-corrected chi connectivity index (χ0v) is 12.7. The number of hydrogen-bond donors (Lipinski definition) is 0. The van der Waals surface area contributed by atoms with Gasteiger partial charge in [-0.1, -0.05) is 25.8 Å². The Kier molecular flexibility index (Phi) is 3.90. The maximum Gasteiger partial charge on any atom is 0.442 e. The number of ketones is 1. The van der Waals surface area contributed by atoms with E-state index >= 15 is 0 Å². The Bertz CT molecular complexity index is 649. The number of carbonyl (C=O) groups excluding carboxylic acids is 1. The Balaban J connectivity index is 1.80. The van der Waals surface area contributed by atoms with Crippen molar-refractivity contribution in [2.75, 3.05) is 0 Å². The van der Waals surface area contributed by atoms with Crippen molar-refractivity contribution in [2.45, 2.75) is 57.0 Å². The van der Waals surface area contributed by atoms with Crippen molar-refractivity contribution < 1.29 is 22.7 Å². The van der Waals surface area contributed by atoms with E-state index in [4.69, 9.17) is 4.74 Å². The molecule has 0 aromatic heterocycles. The molecule has 0 bridgehead atoms. The van der Waals surface area contributed by atoms with Crippen molar-refractivity contribution >= 4 is 5.78 Å². The number of hydrogen-bond acceptors (Lipinski definition) is 4. The van der Waals surface area contributed by atoms with Crippen molar-refractivity contribution in [3.05, 3.63) is 29.3 Å². The summed E-state index contributed by atoms with van der Waals surface area (Å²) < 4.78 is 44.9. The fourth-order valence-electron chi connectivity index (χ4n) is 2.83. The molecule has 23 heavy (non-hydrogen) atoms. The highest BCUT2D eigenvalue weighted by Gasteiger charge is 2.65. The monoisotopic (exact) mass is 326 g/mol. The maximum absolute atomic E-state index is 13.0. The van der Waals surface area contributed by atoms with Crippen molar-refractivity contribution in [1.29, 1.82) is 0 Å². The van der Waals surface area contributed by atoms with Crippen molar-refractivity contribution in [2.24, 2.45) is 10.2 Å². The molecule has 3 rings (SSSR count). The molecule has 0 saturated carbocycles. The third kappa shape index (κ3) is 2.84. The van der Waals surface area contributed by atoms with Crippen molar-refractivity contribution in [3.8, 4) is 5.75 Å². The van der Waals surface area contributed by atoms with Crippen LogP contribution in [-0.4, -0.2) is 18.1 Å². The van der Waals surface area contributed by atoms with Crippen molar-refractivity contribution in [3.63, 3.8) is 0 Å². The molecule has 1 aromatic rings. The Morgan fingerprint density at radius 3 is 2.65 bits per heavy atom. The number of Topliss-reactive ketones (excluding diaryl/α,β-unsaturated/α-hetero) is 1. The topological polar surface area (TPSA) is 51.0 Å². The SMILES string of the molecule is CCCCCC1CC(=O)c2cc(C3(C(F)(F)F)N=N3)ccc2O1. The van der Waals surface area contributed by atoms with Crippen LogP contribution in [0.4, 0.5) is 13.2 Å². The lowest BCUT2D eigenvalue weighted by Crippen LogP contribution is -2.31. The molecular formula is C16H17F3N2O2. The van der Waals surface area contributed by atoms with Crippen molar-refractivity contribution in [1.82, 2.24) is 0 Å². The van der Waals surface area contributed by atoms with Gasteiger partial charge in [-0.25, -0.2) is 0 Å². The first kappa shape index (κ1) is 16.0. The van der Waals surface area contributed by atoms with Gasteiger partial charge in [0.2, 0.25) is 0 Å². The van der Waals surface area contributed by atoms with Crippen LogP contribution in [0.15, 0.2) is 28.4 Å². The van der Waals surface area contributed by atoms with Gasteiger partial charge in [0.05, 0.1) is 5.56 Å². The van der Waals surface area contributed by atoms with E-state index in [1.54, 1.807) is 0 Å². The highest BCUT2D eigenvalue weighted by Crippen LogP contribution is 2.53. The van der Waals surface area contributed by atoms with Crippen LogP contribution in [0.25, 0.3) is 0 Å². The van der Waals surface area contributed by atoms with Crippen LogP contribution in [0.2, 0.25) is 0 Å². The lowest BCUT2D eigenvalue weighted by atomic mass is 9.93. The summed E-state index contributed by atoms with van der Waals surface area (Å²) in [6.07, 6.45) is -0.700. The number of halogens is 3. The lowest BCUT2D eigenvalue weighted by molar-refractivity contribution is -0.166. The molecule has 2 aliphatic rings. The minimum Gasteiger partial charge on any atom is -0.489 e. The first-order valence-corrected chi connectivity index (χ1v) is 7.72. The molecule has 2 aliphatic heterocycles. The molecule has 0 spiro atoms. The molecule has 0 aliphatic carbocycles. The van der Waals surface area contributed by atoms with Gasteiger partial charge >= 0.3 is 11.8 Å². The van der Waals surface area contributed by atoms with E-state index in [9.17, 15) is 18.0 Å². The Hall–Kier alpha value is -1.92. The predicted octanol–water partition coefficient (Wildman–Crippen LogP) is 4.78. The van der Waals surface area contributed by atoms with Gasteiger partial charge in [-0.2, -0.15) is 13.2 Å². The fraction of sp³-hybridized carbons (Fsp3) is 0.562. The summed E-state index contributed by atoms with van der Waals surface area (Å²) in [7, 11) is 0. The van der Waals surface area contributed by atoms with Gasteiger partial charge in [0.25, 0.3) is 0 Å². The number of nitrogens with zero attached hydrogens (tertiary/aromatic N) is 2. The minimum atomic E-state index is -4.59. The van der Waals surface area contributed by atoms with Crippen LogP contribution in [0.5, 0.6) is 5.75 Å². The zero-order chi connectivity index (χ0) is 16.7. The highest BCUT2D eigenvalue weighted by molar-refractivity contribution is 6.00. The largest absolute Gasteiger partial charge is 0.489 e. The number of ether oxygens (including phenoxy) is 1. The van der Waals surface area contributed by atoms with E-state index in [1.165, 1.54) is 18.2 Å². The van der Waals surface area contributed by atoms with E-state index in [-0.39, 0.29) is 29.4 Å². The van der Waals surface area contributed by atoms with E-state index in [1.807, 2.05) is 0 Å². The van der Waals surface area contributed by atoms with Gasteiger partial charge in [-0.05, 0) is 25.0 Å². The quantitative estimate of drug-likeness (QED) is 0.731. The average Bonchev–Trinajstić information content (AvgIpc) is 3.29. The summed E-state index contributed by atoms with van der Waals surface area (Å²) in [4.78, 5) is 12.3. The first-order chi connectivity index (χ1) is 10.9. The average molecular weight is 326 g/mol. The molecule has 4 nitrogen and oxygen atoms in total. The minimum absolute atomic E-state index is 0.134. The van der Waals surface area contributed by atoms with Gasteiger partial charge < -0.3 is 4.74 Å². The van der Waals surface area contributed by atoms with Gasteiger partial charge in [-0.3, -0.25) is 4.79 Å². The van der Waals surface area contributed by atoms with E-state index in [0.717, 1.165) is 25.7 Å². The second kappa shape index (κ2) is 5.62. The molecule has 2 heterocycles. The molecule has 0 amide bonds. The van der Waals surface area contributed by atoms with Gasteiger partial charge in [0.1, 0.15) is 11.9 Å². The molecule has 1 atom stereocenters. The van der Waals surface area contributed by atoms with Gasteiger partial charge in [-0.15, -0.1) is 10.2 Å². The molecule has 1 aromatic carbocycles. The number of unbranched alkanes of at least 4 members (excludes halogenated alkanes) is 2. The lowest BCUT2D eigenvalue weighted by Gasteiger charge is -2.26. The zero-order valence-electron chi connectivity index (χ0n) is 12.7. The first-order valence-electron chi connectivity index (χ1n) is 7.72. The van der Waals surface area contributed by atoms with Crippen LogP contribution < -0.4 is 4.74 Å². The van der Waals surface area contributed by atoms with E-state index in [2.05, 4.69) is 17.2 Å². The van der Waals surface area contributed by atoms with Gasteiger partial charge in [0, 0.05) is 12.0 Å². The summed E-state index contributed by atoms with van der Waals surface area (Å²) in [6.45, 7) is 2.09. The maximum atomic E-state index is 13.0.